The molecule has 0 aliphatic carbocycles. The summed E-state index contributed by atoms with van der Waals surface area (Å²) in [5.74, 6) is -0.926. The van der Waals surface area contributed by atoms with E-state index < -0.39 is 24.9 Å². The Morgan fingerprint density at radius 1 is 1.05 bits per heavy atom. The number of pyridine rings is 1. The van der Waals surface area contributed by atoms with Crippen LogP contribution in [0.1, 0.15) is 16.8 Å². The number of carbonyl (C=O) groups is 1. The number of nitrogens with zero attached hydrogens (tertiary/aromatic N) is 3. The molecule has 4 rings (SSSR count). The van der Waals surface area contributed by atoms with Crippen molar-refractivity contribution in [1.29, 1.82) is 0 Å². The summed E-state index contributed by atoms with van der Waals surface area (Å²) >= 11 is 0. The number of oxime groups is 1. The SMILES string of the molecule is CO/N=C(\c1ccccc1)c1ccc2ccn(CCOc3ccc(CC(OCC(F)(F)F)C(=O)O)cc3)c2n1. The van der Waals surface area contributed by atoms with Gasteiger partial charge in [-0.15, -0.1) is 0 Å². The predicted molar refractivity (Wildman–Crippen MR) is 138 cm³/mol. The Hall–Kier alpha value is -4.38. The predicted octanol–water partition coefficient (Wildman–Crippen LogP) is 5.09. The second-order valence-corrected chi connectivity index (χ2v) is 8.56. The summed E-state index contributed by atoms with van der Waals surface area (Å²) in [6, 6.07) is 21.9. The highest BCUT2D eigenvalue weighted by Crippen LogP contribution is 2.20. The minimum Gasteiger partial charge on any atom is -0.492 e. The minimum absolute atomic E-state index is 0.202. The lowest BCUT2D eigenvalue weighted by Crippen LogP contribution is -2.31. The van der Waals surface area contributed by atoms with Gasteiger partial charge in [0.25, 0.3) is 0 Å². The van der Waals surface area contributed by atoms with Crippen LogP contribution in [0.4, 0.5) is 13.2 Å². The zero-order chi connectivity index (χ0) is 27.8. The van der Waals surface area contributed by atoms with Crippen molar-refractivity contribution in [1.82, 2.24) is 9.55 Å². The topological polar surface area (TPSA) is 95.2 Å². The Kier molecular flexibility index (Phi) is 8.82. The number of rotatable bonds is 12. The first-order chi connectivity index (χ1) is 18.7. The Balaban J connectivity index is 1.39. The molecule has 2 aromatic carbocycles. The maximum atomic E-state index is 12.4. The molecule has 1 atom stereocenters. The van der Waals surface area contributed by atoms with Crippen LogP contribution in [-0.4, -0.2) is 58.9 Å². The lowest BCUT2D eigenvalue weighted by molar-refractivity contribution is -0.192. The maximum absolute atomic E-state index is 12.4. The van der Waals surface area contributed by atoms with E-state index in [0.717, 1.165) is 16.6 Å². The van der Waals surface area contributed by atoms with Crippen molar-refractivity contribution in [2.75, 3.05) is 20.3 Å². The fourth-order valence-corrected chi connectivity index (χ4v) is 3.92. The average molecular weight is 542 g/mol. The first-order valence-corrected chi connectivity index (χ1v) is 12.0. The number of hydrogen-bond acceptors (Lipinski definition) is 6. The number of aliphatic carboxylic acids is 1. The van der Waals surface area contributed by atoms with E-state index in [1.54, 1.807) is 24.3 Å². The highest BCUT2D eigenvalue weighted by molar-refractivity contribution is 6.12. The molecule has 0 radical (unpaired) electrons. The normalized spacial score (nSPS) is 12.9. The highest BCUT2D eigenvalue weighted by Gasteiger charge is 2.31. The third-order valence-corrected chi connectivity index (χ3v) is 5.75. The monoisotopic (exact) mass is 541 g/mol. The van der Waals surface area contributed by atoms with Gasteiger partial charge in [0.1, 0.15) is 37.4 Å². The zero-order valence-electron chi connectivity index (χ0n) is 21.0. The van der Waals surface area contributed by atoms with Crippen LogP contribution in [0.15, 0.2) is 84.1 Å². The van der Waals surface area contributed by atoms with Crippen LogP contribution in [-0.2, 0) is 27.3 Å². The van der Waals surface area contributed by atoms with Crippen molar-refractivity contribution < 1.29 is 37.4 Å². The quantitative estimate of drug-likeness (QED) is 0.198. The molecule has 204 valence electrons. The first kappa shape index (κ1) is 27.6. The van der Waals surface area contributed by atoms with E-state index in [2.05, 4.69) is 9.89 Å². The van der Waals surface area contributed by atoms with Gasteiger partial charge < -0.3 is 24.0 Å². The van der Waals surface area contributed by atoms with E-state index in [1.807, 2.05) is 59.3 Å². The van der Waals surface area contributed by atoms with Gasteiger partial charge >= 0.3 is 12.1 Å². The number of fused-ring (bicyclic) bond motifs is 1. The molecule has 11 heteroatoms. The number of aromatic nitrogens is 2. The molecule has 0 saturated carbocycles. The summed E-state index contributed by atoms with van der Waals surface area (Å²) in [5.41, 5.74) is 3.41. The second kappa shape index (κ2) is 12.4. The summed E-state index contributed by atoms with van der Waals surface area (Å²) in [4.78, 5) is 21.1. The largest absolute Gasteiger partial charge is 0.492 e. The van der Waals surface area contributed by atoms with E-state index in [1.165, 1.54) is 7.11 Å². The van der Waals surface area contributed by atoms with E-state index >= 15 is 0 Å². The van der Waals surface area contributed by atoms with E-state index in [9.17, 15) is 18.0 Å². The molecular formula is C28H26F3N3O5. The van der Waals surface area contributed by atoms with Crippen LogP contribution >= 0.6 is 0 Å². The van der Waals surface area contributed by atoms with Crippen molar-refractivity contribution in [3.63, 3.8) is 0 Å². The molecule has 0 aliphatic rings. The molecule has 0 aliphatic heterocycles. The van der Waals surface area contributed by atoms with Gasteiger partial charge in [-0.1, -0.05) is 47.6 Å². The number of ether oxygens (including phenoxy) is 2. The van der Waals surface area contributed by atoms with Crippen molar-refractivity contribution in [3.05, 3.63) is 95.8 Å². The molecule has 1 N–H and O–H groups in total. The summed E-state index contributed by atoms with van der Waals surface area (Å²) in [7, 11) is 1.49. The summed E-state index contributed by atoms with van der Waals surface area (Å²) in [6.45, 7) is -0.808. The lowest BCUT2D eigenvalue weighted by Gasteiger charge is -2.15. The maximum Gasteiger partial charge on any atom is 0.411 e. The van der Waals surface area contributed by atoms with Gasteiger partial charge in [0.2, 0.25) is 0 Å². The average Bonchev–Trinajstić information content (AvgIpc) is 3.32. The van der Waals surface area contributed by atoms with Gasteiger partial charge in [-0.3, -0.25) is 0 Å². The van der Waals surface area contributed by atoms with Crippen LogP contribution in [0, 0.1) is 0 Å². The molecule has 0 fully saturated rings. The fourth-order valence-electron chi connectivity index (χ4n) is 3.92. The van der Waals surface area contributed by atoms with Crippen molar-refractivity contribution in [2.45, 2.75) is 25.2 Å². The third-order valence-electron chi connectivity index (χ3n) is 5.75. The summed E-state index contributed by atoms with van der Waals surface area (Å²) in [6.07, 6.45) is -4.49. The zero-order valence-corrected chi connectivity index (χ0v) is 21.0. The van der Waals surface area contributed by atoms with E-state index in [4.69, 9.17) is 19.7 Å². The molecule has 1 unspecified atom stereocenters. The second-order valence-electron chi connectivity index (χ2n) is 8.56. The summed E-state index contributed by atoms with van der Waals surface area (Å²) in [5, 5.41) is 14.3. The number of hydrogen-bond donors (Lipinski definition) is 1. The van der Waals surface area contributed by atoms with Gasteiger partial charge in [-0.2, -0.15) is 13.2 Å². The van der Waals surface area contributed by atoms with Gasteiger partial charge in [0.15, 0.2) is 6.10 Å². The molecule has 2 heterocycles. The highest BCUT2D eigenvalue weighted by atomic mass is 19.4. The van der Waals surface area contributed by atoms with Gasteiger partial charge in [0, 0.05) is 23.6 Å². The Labute approximate surface area is 222 Å². The minimum atomic E-state index is -4.60. The molecule has 0 saturated heterocycles. The molecule has 39 heavy (non-hydrogen) atoms. The van der Waals surface area contributed by atoms with Gasteiger partial charge in [-0.05, 0) is 35.9 Å². The van der Waals surface area contributed by atoms with Crippen LogP contribution in [0.5, 0.6) is 5.75 Å². The summed E-state index contributed by atoms with van der Waals surface area (Å²) < 4.78 is 49.5. The molecule has 8 nitrogen and oxygen atoms in total. The molecular weight excluding hydrogens is 515 g/mol. The number of carboxylic acid groups (broad SMARTS) is 1. The Bertz CT molecular complexity index is 1420. The van der Waals surface area contributed by atoms with Gasteiger partial charge in [-0.25, -0.2) is 9.78 Å². The third kappa shape index (κ3) is 7.57. The van der Waals surface area contributed by atoms with Crippen molar-refractivity contribution in [3.8, 4) is 5.75 Å². The van der Waals surface area contributed by atoms with Crippen LogP contribution in [0.25, 0.3) is 11.0 Å². The number of halogens is 3. The fraction of sp³-hybridized carbons (Fsp3) is 0.250. The van der Waals surface area contributed by atoms with E-state index in [0.29, 0.717) is 35.9 Å². The first-order valence-electron chi connectivity index (χ1n) is 12.0. The molecule has 2 aromatic heterocycles. The molecule has 0 bridgehead atoms. The number of alkyl halides is 3. The smallest absolute Gasteiger partial charge is 0.411 e. The Morgan fingerprint density at radius 3 is 2.46 bits per heavy atom. The van der Waals surface area contributed by atoms with Crippen molar-refractivity contribution in [2.24, 2.45) is 5.16 Å². The van der Waals surface area contributed by atoms with Crippen LogP contribution in [0.3, 0.4) is 0 Å². The Morgan fingerprint density at radius 2 is 1.79 bits per heavy atom. The van der Waals surface area contributed by atoms with Crippen LogP contribution < -0.4 is 4.74 Å². The molecule has 0 spiro atoms. The van der Waals surface area contributed by atoms with Gasteiger partial charge in [0.05, 0.1) is 12.2 Å². The molecule has 4 aromatic rings. The number of benzene rings is 2. The van der Waals surface area contributed by atoms with Crippen molar-refractivity contribution >= 4 is 22.7 Å². The van der Waals surface area contributed by atoms with Crippen LogP contribution in [0.2, 0.25) is 0 Å². The number of carboxylic acids is 1. The molecule has 0 amide bonds. The standard InChI is InChI=1S/C28H26F3N3O5/c1-37-33-25(20-5-3-2-4-6-20)23-12-9-21-13-14-34(26(21)32-23)15-16-38-22-10-7-19(8-11-22)17-24(27(35)36)39-18-28(29,30)31/h2-14,24H,15-18H2,1H3,(H,35,36)/b33-25+. The lowest BCUT2D eigenvalue weighted by atomic mass is 10.1. The van der Waals surface area contributed by atoms with E-state index in [-0.39, 0.29) is 6.42 Å².